The summed E-state index contributed by atoms with van der Waals surface area (Å²) in [5.74, 6) is 2.21. The zero-order valence-electron chi connectivity index (χ0n) is 17.4. The maximum Gasteiger partial charge on any atom is 0.275 e. The van der Waals surface area contributed by atoms with Gasteiger partial charge in [0.2, 0.25) is 0 Å². The number of hydrogen-bond acceptors (Lipinski definition) is 0. The molecule has 2 aliphatic carbocycles. The molecule has 0 aromatic rings. The van der Waals surface area contributed by atoms with Crippen LogP contribution in [0.5, 0.6) is 0 Å². The van der Waals surface area contributed by atoms with Gasteiger partial charge in [-0.25, -0.2) is 0 Å². The molecule has 0 saturated heterocycles. The lowest BCUT2D eigenvalue weighted by Crippen LogP contribution is -3.68. The second-order valence-corrected chi connectivity index (χ2v) is 13.3. The van der Waals surface area contributed by atoms with Gasteiger partial charge in [-0.05, 0) is 63.2 Å². The second kappa shape index (κ2) is 13.8. The first-order valence-corrected chi connectivity index (χ1v) is 14.4. The number of rotatable bonds is 12. The summed E-state index contributed by atoms with van der Waals surface area (Å²) in [7, 11) is 0. The van der Waals surface area contributed by atoms with E-state index in [2.05, 4.69) is 13.8 Å². The summed E-state index contributed by atoms with van der Waals surface area (Å²) in [5.41, 5.74) is 0. The van der Waals surface area contributed by atoms with E-state index in [-0.39, 0.29) is 0 Å². The molecular formula is C24H46I+. The van der Waals surface area contributed by atoms with Gasteiger partial charge in [0.15, 0.2) is 7.85 Å². The van der Waals surface area contributed by atoms with Crippen LogP contribution < -0.4 is 21.2 Å². The van der Waals surface area contributed by atoms with Crippen LogP contribution in [0.1, 0.15) is 129 Å². The van der Waals surface area contributed by atoms with Crippen molar-refractivity contribution >= 4 is 0 Å². The molecule has 0 bridgehead atoms. The lowest BCUT2D eigenvalue weighted by Gasteiger charge is -2.26. The summed E-state index contributed by atoms with van der Waals surface area (Å²) in [6.07, 6.45) is 27.6. The van der Waals surface area contributed by atoms with Crippen molar-refractivity contribution in [3.63, 3.8) is 0 Å². The Morgan fingerprint density at radius 1 is 0.520 bits per heavy atom. The lowest BCUT2D eigenvalue weighted by atomic mass is 9.85. The molecule has 0 aromatic heterocycles. The van der Waals surface area contributed by atoms with Gasteiger partial charge in [0.1, 0.15) is 0 Å². The van der Waals surface area contributed by atoms with Crippen molar-refractivity contribution in [1.29, 1.82) is 0 Å². The average molecular weight is 462 g/mol. The van der Waals surface area contributed by atoms with E-state index in [1.165, 1.54) is 59.2 Å². The van der Waals surface area contributed by atoms with Gasteiger partial charge in [0.05, 0.1) is 0 Å². The zero-order chi connectivity index (χ0) is 17.7. The Balaban J connectivity index is 1.50. The second-order valence-electron chi connectivity index (χ2n) is 9.06. The Hall–Kier alpha value is 0.730. The fraction of sp³-hybridized carbons (Fsp3) is 1.00. The van der Waals surface area contributed by atoms with Crippen LogP contribution in [0, 0.1) is 11.8 Å². The van der Waals surface area contributed by atoms with E-state index in [4.69, 9.17) is 0 Å². The summed E-state index contributed by atoms with van der Waals surface area (Å²) in [6, 6.07) is 0. The van der Waals surface area contributed by atoms with Crippen molar-refractivity contribution < 1.29 is 21.2 Å². The molecule has 0 heterocycles. The third kappa shape index (κ3) is 9.47. The molecule has 2 fully saturated rings. The lowest BCUT2D eigenvalue weighted by molar-refractivity contribution is -0.726. The van der Waals surface area contributed by atoms with E-state index < -0.39 is 0 Å². The first kappa shape index (κ1) is 22.0. The van der Waals surface area contributed by atoms with Crippen molar-refractivity contribution in [1.82, 2.24) is 0 Å². The first-order valence-electron chi connectivity index (χ1n) is 11.9. The monoisotopic (exact) mass is 461 g/mol. The van der Waals surface area contributed by atoms with Crippen molar-refractivity contribution in [2.24, 2.45) is 11.8 Å². The molecular weight excluding hydrogens is 415 g/mol. The third-order valence-electron chi connectivity index (χ3n) is 6.84. The molecule has 0 unspecified atom stereocenters. The summed E-state index contributed by atoms with van der Waals surface area (Å²) in [4.78, 5) is 0. The van der Waals surface area contributed by atoms with Crippen LogP contribution >= 0.6 is 0 Å². The van der Waals surface area contributed by atoms with Gasteiger partial charge in [-0.1, -0.05) is 78.1 Å². The average Bonchev–Trinajstić information content (AvgIpc) is 2.65. The van der Waals surface area contributed by atoms with E-state index >= 15 is 0 Å². The zero-order valence-corrected chi connectivity index (χ0v) is 19.6. The smallest absolute Gasteiger partial charge is 0.0654 e. The van der Waals surface area contributed by atoms with E-state index in [1.54, 1.807) is 64.2 Å². The Kier molecular flexibility index (Phi) is 12.2. The Morgan fingerprint density at radius 2 is 0.920 bits per heavy atom. The van der Waals surface area contributed by atoms with Gasteiger partial charge in [-0.3, -0.25) is 0 Å². The van der Waals surface area contributed by atoms with E-state index in [0.29, 0.717) is 21.2 Å². The molecule has 0 spiro atoms. The van der Waals surface area contributed by atoms with Gasteiger partial charge >= 0.3 is 0 Å². The third-order valence-corrected chi connectivity index (χ3v) is 11.4. The molecule has 0 amide bonds. The van der Waals surface area contributed by atoms with Crippen molar-refractivity contribution in [3.05, 3.63) is 0 Å². The molecule has 2 rings (SSSR count). The Bertz CT molecular complexity index is 267. The van der Waals surface area contributed by atoms with Crippen LogP contribution in [0.15, 0.2) is 0 Å². The van der Waals surface area contributed by atoms with Crippen LogP contribution in [0.4, 0.5) is 0 Å². The standard InChI is InChI=1S/C24H46I/c1-3-5-7-9-11-21-13-17-23(18-14-21)25-24-19-15-22(16-20-24)12-10-8-6-4-2/h21-24H,3-20H2,1-2H3/q+1. The van der Waals surface area contributed by atoms with E-state index in [0.717, 1.165) is 11.8 Å². The summed E-state index contributed by atoms with van der Waals surface area (Å²) < 4.78 is 2.41. The molecule has 0 N–H and O–H groups in total. The normalized spacial score (nSPS) is 30.5. The highest BCUT2D eigenvalue weighted by molar-refractivity contribution is 4.75. The molecule has 0 radical (unpaired) electrons. The highest BCUT2D eigenvalue weighted by atomic mass is 127. The predicted molar refractivity (Wildman–Crippen MR) is 109 cm³/mol. The maximum absolute atomic E-state index is 2.33. The number of hydrogen-bond donors (Lipinski definition) is 0. The Labute approximate surface area is 170 Å². The molecule has 2 aliphatic rings. The summed E-state index contributed by atoms with van der Waals surface area (Å²) >= 11 is 0.505. The minimum absolute atomic E-state index is 0.505. The van der Waals surface area contributed by atoms with Crippen LogP contribution in [-0.2, 0) is 0 Å². The molecule has 2 saturated carbocycles. The summed E-state index contributed by atoms with van der Waals surface area (Å²) in [5, 5.41) is 0. The first-order chi connectivity index (χ1) is 12.3. The minimum atomic E-state index is 0.505. The van der Waals surface area contributed by atoms with Gasteiger partial charge < -0.3 is 0 Å². The van der Waals surface area contributed by atoms with Gasteiger partial charge in [-0.15, -0.1) is 0 Å². The van der Waals surface area contributed by atoms with Gasteiger partial charge in [-0.2, -0.15) is 0 Å². The molecule has 0 atom stereocenters. The highest BCUT2D eigenvalue weighted by Gasteiger charge is 2.37. The molecule has 25 heavy (non-hydrogen) atoms. The number of unbranched alkanes of at least 4 members (excludes halogenated alkanes) is 6. The SMILES string of the molecule is CCCCCCC1CCC([I+]C2CCC(CCCCCC)CC2)CC1. The van der Waals surface area contributed by atoms with E-state index in [9.17, 15) is 0 Å². The fourth-order valence-corrected chi connectivity index (χ4v) is 9.36. The largest absolute Gasteiger partial charge is 0.275 e. The van der Waals surface area contributed by atoms with Crippen LogP contribution in [-0.4, -0.2) is 7.85 Å². The quantitative estimate of drug-likeness (QED) is 0.215. The molecule has 0 nitrogen and oxygen atoms in total. The van der Waals surface area contributed by atoms with Gasteiger partial charge in [0, 0.05) is 0 Å². The van der Waals surface area contributed by atoms with Crippen molar-refractivity contribution in [2.45, 2.75) is 137 Å². The summed E-state index contributed by atoms with van der Waals surface area (Å²) in [6.45, 7) is 4.66. The van der Waals surface area contributed by atoms with Crippen molar-refractivity contribution in [2.75, 3.05) is 0 Å². The van der Waals surface area contributed by atoms with Gasteiger partial charge in [0.25, 0.3) is 21.2 Å². The fourth-order valence-electron chi connectivity index (χ4n) is 5.04. The maximum atomic E-state index is 2.33. The minimum Gasteiger partial charge on any atom is -0.0654 e. The number of alkyl halides is 2. The predicted octanol–water partition coefficient (Wildman–Crippen LogP) is 5.13. The number of halogens is 1. The molecule has 0 aromatic carbocycles. The van der Waals surface area contributed by atoms with Crippen LogP contribution in [0.2, 0.25) is 0 Å². The van der Waals surface area contributed by atoms with Crippen LogP contribution in [0.25, 0.3) is 0 Å². The van der Waals surface area contributed by atoms with Crippen molar-refractivity contribution in [3.8, 4) is 0 Å². The molecule has 0 aliphatic heterocycles. The van der Waals surface area contributed by atoms with Crippen LogP contribution in [0.3, 0.4) is 0 Å². The highest BCUT2D eigenvalue weighted by Crippen LogP contribution is 2.29. The Morgan fingerprint density at radius 3 is 1.28 bits per heavy atom. The molecule has 1 heteroatoms. The topological polar surface area (TPSA) is 0 Å². The molecule has 148 valence electrons. The van der Waals surface area contributed by atoms with E-state index in [1.807, 2.05) is 0 Å².